The van der Waals surface area contributed by atoms with Crippen LogP contribution in [0.5, 0.6) is 0 Å². The van der Waals surface area contributed by atoms with E-state index >= 15 is 0 Å². The molecule has 0 aromatic heterocycles. The van der Waals surface area contributed by atoms with Crippen molar-refractivity contribution in [3.63, 3.8) is 0 Å². The van der Waals surface area contributed by atoms with E-state index < -0.39 is 0 Å². The van der Waals surface area contributed by atoms with E-state index in [9.17, 15) is 4.79 Å². The lowest BCUT2D eigenvalue weighted by Gasteiger charge is -2.13. The van der Waals surface area contributed by atoms with Crippen LogP contribution in [0.2, 0.25) is 0 Å². The first kappa shape index (κ1) is 12.5. The number of ether oxygens (including phenoxy) is 1. The number of nitrogens with one attached hydrogen (secondary N) is 2. The second-order valence-electron chi connectivity index (χ2n) is 4.51. The minimum atomic E-state index is -0.0616. The zero-order chi connectivity index (χ0) is 13.1. The van der Waals surface area contributed by atoms with Crippen molar-refractivity contribution in [3.8, 4) is 0 Å². The van der Waals surface area contributed by atoms with Crippen LogP contribution in [-0.2, 0) is 4.74 Å². The fourth-order valence-corrected chi connectivity index (χ4v) is 2.79. The van der Waals surface area contributed by atoms with E-state index in [1.54, 1.807) is 12.4 Å². The summed E-state index contributed by atoms with van der Waals surface area (Å²) >= 11 is 1.46. The van der Waals surface area contributed by atoms with E-state index in [0.717, 1.165) is 30.0 Å². The Kier molecular flexibility index (Phi) is 3.70. The van der Waals surface area contributed by atoms with Gasteiger partial charge in [0.1, 0.15) is 0 Å². The number of fused-ring (bicyclic) bond motifs is 1. The number of carbonyl (C=O) groups excluding carboxylic acids is 1. The van der Waals surface area contributed by atoms with Gasteiger partial charge in [-0.2, -0.15) is 0 Å². The molecule has 0 aliphatic carbocycles. The maximum Gasteiger partial charge on any atom is 0.251 e. The molecule has 2 aliphatic heterocycles. The third-order valence-electron chi connectivity index (χ3n) is 3.16. The third kappa shape index (κ3) is 2.90. The second kappa shape index (κ2) is 5.63. The minimum absolute atomic E-state index is 0.0616. The Hall–Kier alpha value is -1.53. The summed E-state index contributed by atoms with van der Waals surface area (Å²) in [4.78, 5) is 17.2. The molecule has 2 N–H and O–H groups in total. The summed E-state index contributed by atoms with van der Waals surface area (Å²) in [5.41, 5.74) is 1.54. The molecule has 19 heavy (non-hydrogen) atoms. The SMILES string of the molecule is O=C(NCC1CCCO1)c1ccc2c(c1)SNC=N2. The summed E-state index contributed by atoms with van der Waals surface area (Å²) in [6.45, 7) is 1.39. The van der Waals surface area contributed by atoms with Crippen LogP contribution in [0, 0.1) is 0 Å². The summed E-state index contributed by atoms with van der Waals surface area (Å²) in [7, 11) is 0. The average Bonchev–Trinajstić information content (AvgIpc) is 2.97. The Labute approximate surface area is 116 Å². The lowest BCUT2D eigenvalue weighted by atomic mass is 10.2. The normalized spacial score (nSPS) is 20.7. The predicted molar refractivity (Wildman–Crippen MR) is 74.9 cm³/mol. The first-order valence-corrected chi connectivity index (χ1v) is 7.13. The van der Waals surface area contributed by atoms with Crippen LogP contribution in [0.4, 0.5) is 5.69 Å². The zero-order valence-corrected chi connectivity index (χ0v) is 11.2. The van der Waals surface area contributed by atoms with Gasteiger partial charge in [-0.1, -0.05) is 0 Å². The lowest BCUT2D eigenvalue weighted by Crippen LogP contribution is -2.31. The average molecular weight is 277 g/mol. The first-order chi connectivity index (χ1) is 9.33. The lowest BCUT2D eigenvalue weighted by molar-refractivity contribution is 0.0857. The van der Waals surface area contributed by atoms with Gasteiger partial charge in [-0.25, -0.2) is 4.99 Å². The van der Waals surface area contributed by atoms with Crippen molar-refractivity contribution in [1.82, 2.24) is 10.0 Å². The predicted octanol–water partition coefficient (Wildman–Crippen LogP) is 1.87. The molecular formula is C13H15N3O2S. The Morgan fingerprint density at radius 1 is 1.58 bits per heavy atom. The van der Waals surface area contributed by atoms with E-state index in [2.05, 4.69) is 15.0 Å². The fourth-order valence-electron chi connectivity index (χ4n) is 2.14. The molecule has 1 fully saturated rings. The highest BCUT2D eigenvalue weighted by molar-refractivity contribution is 7.98. The molecule has 0 saturated carbocycles. The van der Waals surface area contributed by atoms with Crippen LogP contribution in [0.3, 0.4) is 0 Å². The first-order valence-electron chi connectivity index (χ1n) is 6.32. The molecule has 0 radical (unpaired) electrons. The van der Waals surface area contributed by atoms with Crippen molar-refractivity contribution in [2.45, 2.75) is 23.8 Å². The standard InChI is InChI=1S/C13H15N3O2S/c17-13(14-7-10-2-1-5-18-10)9-3-4-11-12(6-9)19-16-8-15-11/h3-4,6,8,10H,1-2,5,7H2,(H,14,17)(H,15,16). The number of amides is 1. The van der Waals surface area contributed by atoms with Crippen molar-refractivity contribution in [3.05, 3.63) is 23.8 Å². The minimum Gasteiger partial charge on any atom is -0.376 e. The van der Waals surface area contributed by atoms with Crippen molar-refractivity contribution in [1.29, 1.82) is 0 Å². The quantitative estimate of drug-likeness (QED) is 0.828. The number of carbonyl (C=O) groups is 1. The zero-order valence-electron chi connectivity index (χ0n) is 10.4. The Morgan fingerprint density at radius 3 is 3.37 bits per heavy atom. The van der Waals surface area contributed by atoms with Crippen LogP contribution < -0.4 is 10.0 Å². The second-order valence-corrected chi connectivity index (χ2v) is 5.39. The van der Waals surface area contributed by atoms with Gasteiger partial charge >= 0.3 is 0 Å². The van der Waals surface area contributed by atoms with Crippen molar-refractivity contribution in [2.24, 2.45) is 4.99 Å². The largest absolute Gasteiger partial charge is 0.376 e. The monoisotopic (exact) mass is 277 g/mol. The van der Waals surface area contributed by atoms with Crippen molar-refractivity contribution < 1.29 is 9.53 Å². The summed E-state index contributed by atoms with van der Waals surface area (Å²) in [6, 6.07) is 5.52. The van der Waals surface area contributed by atoms with Crippen LogP contribution in [0.1, 0.15) is 23.2 Å². The summed E-state index contributed by atoms with van der Waals surface area (Å²) in [5.74, 6) is -0.0616. The van der Waals surface area contributed by atoms with Crippen LogP contribution in [0.15, 0.2) is 28.1 Å². The molecule has 3 rings (SSSR count). The van der Waals surface area contributed by atoms with E-state index in [-0.39, 0.29) is 12.0 Å². The topological polar surface area (TPSA) is 62.7 Å². The molecule has 1 saturated heterocycles. The van der Waals surface area contributed by atoms with Crippen molar-refractivity contribution in [2.75, 3.05) is 13.2 Å². The van der Waals surface area contributed by atoms with Crippen molar-refractivity contribution >= 4 is 29.9 Å². The molecule has 0 spiro atoms. The molecule has 6 heteroatoms. The summed E-state index contributed by atoms with van der Waals surface area (Å²) < 4.78 is 8.44. The number of aliphatic imine (C=N–C) groups is 1. The van der Waals surface area contributed by atoms with Gasteiger partial charge in [0.2, 0.25) is 0 Å². The molecule has 2 heterocycles. The Morgan fingerprint density at radius 2 is 2.53 bits per heavy atom. The van der Waals surface area contributed by atoms with Crippen LogP contribution >= 0.6 is 11.9 Å². The fraction of sp³-hybridized carbons (Fsp3) is 0.385. The van der Waals surface area contributed by atoms with Gasteiger partial charge in [0.15, 0.2) is 0 Å². The maximum atomic E-state index is 12.1. The van der Waals surface area contributed by atoms with Gasteiger partial charge < -0.3 is 14.8 Å². The molecular weight excluding hydrogens is 262 g/mol. The molecule has 100 valence electrons. The van der Waals surface area contributed by atoms with E-state index in [0.29, 0.717) is 12.1 Å². The van der Waals surface area contributed by atoms with E-state index in [1.165, 1.54) is 11.9 Å². The van der Waals surface area contributed by atoms with Crippen LogP contribution in [-0.4, -0.2) is 31.5 Å². The molecule has 1 amide bonds. The number of hydrogen-bond donors (Lipinski definition) is 2. The highest BCUT2D eigenvalue weighted by Crippen LogP contribution is 2.30. The van der Waals surface area contributed by atoms with Gasteiger partial charge in [-0.3, -0.25) is 4.79 Å². The molecule has 1 atom stereocenters. The van der Waals surface area contributed by atoms with Gasteiger partial charge in [0, 0.05) is 18.7 Å². The number of hydrogen-bond acceptors (Lipinski definition) is 5. The van der Waals surface area contributed by atoms with E-state index in [1.807, 2.05) is 12.1 Å². The Balaban J connectivity index is 1.64. The highest BCUT2D eigenvalue weighted by atomic mass is 32.2. The molecule has 2 aliphatic rings. The number of rotatable bonds is 3. The smallest absolute Gasteiger partial charge is 0.251 e. The highest BCUT2D eigenvalue weighted by Gasteiger charge is 2.17. The number of benzene rings is 1. The molecule has 1 unspecified atom stereocenters. The van der Waals surface area contributed by atoms with Crippen LogP contribution in [0.25, 0.3) is 0 Å². The van der Waals surface area contributed by atoms with E-state index in [4.69, 9.17) is 4.74 Å². The molecule has 5 nitrogen and oxygen atoms in total. The van der Waals surface area contributed by atoms with Gasteiger partial charge in [-0.15, -0.1) is 0 Å². The van der Waals surface area contributed by atoms with Gasteiger partial charge in [-0.05, 0) is 43.0 Å². The third-order valence-corrected chi connectivity index (χ3v) is 3.93. The Bertz CT molecular complexity index is 513. The molecule has 1 aromatic rings. The summed E-state index contributed by atoms with van der Waals surface area (Å²) in [5, 5.41) is 2.92. The summed E-state index contributed by atoms with van der Waals surface area (Å²) in [6.07, 6.45) is 3.92. The number of nitrogens with zero attached hydrogens (tertiary/aromatic N) is 1. The van der Waals surface area contributed by atoms with Gasteiger partial charge in [0.25, 0.3) is 5.91 Å². The molecule has 1 aromatic carbocycles. The maximum absolute atomic E-state index is 12.1. The molecule has 0 bridgehead atoms. The van der Waals surface area contributed by atoms with Gasteiger partial charge in [0.05, 0.1) is 23.0 Å².